The van der Waals surface area contributed by atoms with Crippen molar-refractivity contribution >= 4 is 17.8 Å². The van der Waals surface area contributed by atoms with Crippen LogP contribution >= 0.6 is 0 Å². The first-order valence-electron chi connectivity index (χ1n) is 15.4. The molecule has 2 unspecified atom stereocenters. The molecule has 0 spiro atoms. The highest BCUT2D eigenvalue weighted by Crippen LogP contribution is 2.40. The van der Waals surface area contributed by atoms with Gasteiger partial charge in [0.2, 0.25) is 5.91 Å². The summed E-state index contributed by atoms with van der Waals surface area (Å²) in [4.78, 5) is 36.2. The predicted octanol–water partition coefficient (Wildman–Crippen LogP) is 4.73. The van der Waals surface area contributed by atoms with Crippen LogP contribution in [0.15, 0.2) is 47.5 Å². The van der Waals surface area contributed by atoms with Crippen LogP contribution in [0.3, 0.4) is 0 Å². The van der Waals surface area contributed by atoms with Crippen molar-refractivity contribution in [2.75, 3.05) is 32.8 Å². The Balaban J connectivity index is 1.43. The molecule has 1 fully saturated rings. The SMILES string of the molecule is CCC1(CC)CC(=O)N(C(CCN2CCOCC2)c2cccc(C(=O)NC3CC(C)(C)Oc4ccc(F)cc43)c2)C(N)=N1. The molecule has 0 aromatic heterocycles. The van der Waals surface area contributed by atoms with Crippen LogP contribution in [0.5, 0.6) is 5.75 Å². The molecular formula is C33H44FN5O4. The molecule has 0 aliphatic carbocycles. The van der Waals surface area contributed by atoms with E-state index in [9.17, 15) is 14.0 Å². The second-order valence-electron chi connectivity index (χ2n) is 12.5. The fourth-order valence-electron chi connectivity index (χ4n) is 6.48. The highest BCUT2D eigenvalue weighted by Gasteiger charge is 2.41. The number of morpholine rings is 1. The van der Waals surface area contributed by atoms with Gasteiger partial charge in [-0.15, -0.1) is 0 Å². The molecule has 2 amide bonds. The van der Waals surface area contributed by atoms with Crippen molar-refractivity contribution in [1.29, 1.82) is 0 Å². The van der Waals surface area contributed by atoms with Crippen molar-refractivity contribution in [3.05, 3.63) is 65.0 Å². The topological polar surface area (TPSA) is 109 Å². The molecule has 0 saturated carbocycles. The van der Waals surface area contributed by atoms with Gasteiger partial charge in [0, 0.05) is 37.2 Å². The number of halogens is 1. The van der Waals surface area contributed by atoms with Crippen LogP contribution in [0.2, 0.25) is 0 Å². The third-order valence-corrected chi connectivity index (χ3v) is 9.07. The number of nitrogens with two attached hydrogens (primary N) is 1. The molecule has 2 atom stereocenters. The third-order valence-electron chi connectivity index (χ3n) is 9.07. The Morgan fingerprint density at radius 2 is 1.91 bits per heavy atom. The van der Waals surface area contributed by atoms with Crippen LogP contribution < -0.4 is 15.8 Å². The number of aliphatic imine (C=N–C) groups is 1. The van der Waals surface area contributed by atoms with Crippen LogP contribution in [0.4, 0.5) is 4.39 Å². The number of hydrogen-bond acceptors (Lipinski definition) is 7. The Labute approximate surface area is 253 Å². The van der Waals surface area contributed by atoms with Crippen molar-refractivity contribution in [2.45, 2.75) is 83.0 Å². The molecular weight excluding hydrogens is 549 g/mol. The van der Waals surface area contributed by atoms with Gasteiger partial charge in [-0.25, -0.2) is 9.38 Å². The van der Waals surface area contributed by atoms with Gasteiger partial charge in [0.1, 0.15) is 17.2 Å². The van der Waals surface area contributed by atoms with E-state index in [1.165, 1.54) is 12.1 Å². The van der Waals surface area contributed by atoms with Gasteiger partial charge in [-0.3, -0.25) is 19.4 Å². The monoisotopic (exact) mass is 593 g/mol. The average molecular weight is 594 g/mol. The van der Waals surface area contributed by atoms with E-state index in [-0.39, 0.29) is 23.6 Å². The van der Waals surface area contributed by atoms with E-state index in [0.29, 0.717) is 49.4 Å². The second-order valence-corrected chi connectivity index (χ2v) is 12.5. The summed E-state index contributed by atoms with van der Waals surface area (Å²) in [6.45, 7) is 11.7. The van der Waals surface area contributed by atoms with Crippen molar-refractivity contribution in [2.24, 2.45) is 10.7 Å². The summed E-state index contributed by atoms with van der Waals surface area (Å²) < 4.78 is 25.7. The molecule has 3 aliphatic heterocycles. The maximum absolute atomic E-state index is 14.2. The number of hydrogen-bond donors (Lipinski definition) is 2. The van der Waals surface area contributed by atoms with E-state index < -0.39 is 23.2 Å². The van der Waals surface area contributed by atoms with Gasteiger partial charge in [0.25, 0.3) is 5.91 Å². The summed E-state index contributed by atoms with van der Waals surface area (Å²) in [5.41, 5.74) is 7.41. The maximum Gasteiger partial charge on any atom is 0.251 e. The fourth-order valence-corrected chi connectivity index (χ4v) is 6.48. The Kier molecular flexibility index (Phi) is 9.08. The van der Waals surface area contributed by atoms with Crippen LogP contribution in [0, 0.1) is 5.82 Å². The normalized spacial score (nSPS) is 22.3. The summed E-state index contributed by atoms with van der Waals surface area (Å²) >= 11 is 0. The van der Waals surface area contributed by atoms with Crippen LogP contribution in [0.1, 0.15) is 93.4 Å². The first-order valence-corrected chi connectivity index (χ1v) is 15.4. The lowest BCUT2D eigenvalue weighted by Crippen LogP contribution is -2.53. The first-order chi connectivity index (χ1) is 20.5. The number of fused-ring (bicyclic) bond motifs is 1. The van der Waals surface area contributed by atoms with Crippen LogP contribution in [-0.4, -0.2) is 71.6 Å². The summed E-state index contributed by atoms with van der Waals surface area (Å²) in [6, 6.07) is 10.9. The molecule has 0 radical (unpaired) electrons. The van der Waals surface area contributed by atoms with Gasteiger partial charge >= 0.3 is 0 Å². The average Bonchev–Trinajstić information content (AvgIpc) is 2.99. The zero-order valence-electron chi connectivity index (χ0n) is 25.7. The van der Waals surface area contributed by atoms with Crippen LogP contribution in [-0.2, 0) is 9.53 Å². The minimum atomic E-state index is -0.535. The molecule has 3 heterocycles. The van der Waals surface area contributed by atoms with Crippen LogP contribution in [0.25, 0.3) is 0 Å². The molecule has 2 aromatic carbocycles. The number of rotatable bonds is 9. The standard InChI is InChI=1S/C33H44FN5O4/c1-5-33(6-2)21-29(40)39(31(35)37-33)27(12-13-38-14-16-42-17-15-38)22-8-7-9-23(18-22)30(41)36-26-20-32(3,4)43-28-11-10-24(34)19-25(26)28/h7-11,18-19,26-27H,5-6,12-17,20-21H2,1-4H3,(H2,35,37)(H,36,41). The molecule has 2 aromatic rings. The van der Waals surface area contributed by atoms with Crippen molar-refractivity contribution < 1.29 is 23.5 Å². The Bertz CT molecular complexity index is 1370. The Morgan fingerprint density at radius 3 is 2.60 bits per heavy atom. The number of ether oxygens (including phenoxy) is 2. The number of carbonyl (C=O) groups excluding carboxylic acids is 2. The number of amides is 2. The van der Waals surface area contributed by atoms with Gasteiger partial charge in [-0.1, -0.05) is 26.0 Å². The molecule has 3 aliphatic rings. The number of nitrogens with one attached hydrogen (secondary N) is 1. The number of nitrogens with zero attached hydrogens (tertiary/aromatic N) is 3. The highest BCUT2D eigenvalue weighted by atomic mass is 19.1. The van der Waals surface area contributed by atoms with Gasteiger partial charge in [0.15, 0.2) is 5.96 Å². The van der Waals surface area contributed by atoms with Crippen molar-refractivity contribution in [3.8, 4) is 5.75 Å². The Hall–Kier alpha value is -3.50. The molecule has 232 valence electrons. The van der Waals surface area contributed by atoms with E-state index >= 15 is 0 Å². The largest absolute Gasteiger partial charge is 0.487 e. The summed E-state index contributed by atoms with van der Waals surface area (Å²) in [5, 5.41) is 3.11. The zero-order valence-corrected chi connectivity index (χ0v) is 25.7. The van der Waals surface area contributed by atoms with E-state index in [1.54, 1.807) is 17.0 Å². The zero-order chi connectivity index (χ0) is 30.8. The number of benzene rings is 2. The summed E-state index contributed by atoms with van der Waals surface area (Å²) in [7, 11) is 0. The maximum atomic E-state index is 14.2. The summed E-state index contributed by atoms with van der Waals surface area (Å²) in [5.74, 6) is 0.0701. The van der Waals surface area contributed by atoms with E-state index in [4.69, 9.17) is 20.2 Å². The lowest BCUT2D eigenvalue weighted by atomic mass is 9.87. The first kappa shape index (κ1) is 30.9. The fraction of sp³-hybridized carbons (Fsp3) is 0.545. The smallest absolute Gasteiger partial charge is 0.251 e. The lowest BCUT2D eigenvalue weighted by Gasteiger charge is -2.41. The van der Waals surface area contributed by atoms with Gasteiger partial charge in [-0.2, -0.15) is 0 Å². The van der Waals surface area contributed by atoms with Gasteiger partial charge < -0.3 is 20.5 Å². The summed E-state index contributed by atoms with van der Waals surface area (Å²) in [6.07, 6.45) is 2.87. The van der Waals surface area contributed by atoms with Crippen molar-refractivity contribution in [1.82, 2.24) is 15.1 Å². The molecule has 43 heavy (non-hydrogen) atoms. The van der Waals surface area contributed by atoms with E-state index in [2.05, 4.69) is 10.2 Å². The minimum absolute atomic E-state index is 0.0545. The lowest BCUT2D eigenvalue weighted by molar-refractivity contribution is -0.131. The van der Waals surface area contributed by atoms with Gasteiger partial charge in [0.05, 0.1) is 37.3 Å². The number of carbonyl (C=O) groups is 2. The number of guanidine groups is 1. The van der Waals surface area contributed by atoms with Gasteiger partial charge in [-0.05, 0) is 69.0 Å². The molecule has 0 bridgehead atoms. The Morgan fingerprint density at radius 1 is 1.16 bits per heavy atom. The third kappa shape index (κ3) is 6.86. The minimum Gasteiger partial charge on any atom is -0.487 e. The van der Waals surface area contributed by atoms with E-state index in [1.807, 2.05) is 45.9 Å². The van der Waals surface area contributed by atoms with E-state index in [0.717, 1.165) is 38.0 Å². The molecule has 9 nitrogen and oxygen atoms in total. The highest BCUT2D eigenvalue weighted by molar-refractivity contribution is 6.00. The molecule has 1 saturated heterocycles. The molecule has 3 N–H and O–H groups in total. The predicted molar refractivity (Wildman–Crippen MR) is 163 cm³/mol. The second kappa shape index (κ2) is 12.6. The molecule has 5 rings (SSSR count). The quantitative estimate of drug-likeness (QED) is 0.435. The van der Waals surface area contributed by atoms with Crippen molar-refractivity contribution in [3.63, 3.8) is 0 Å². The molecule has 10 heteroatoms.